The number of nitrogens with two attached hydrogens (primary N) is 1. The fourth-order valence-electron chi connectivity index (χ4n) is 4.20. The third-order valence-corrected chi connectivity index (χ3v) is 7.64. The lowest BCUT2D eigenvalue weighted by Crippen LogP contribution is -2.29. The van der Waals surface area contributed by atoms with E-state index in [0.29, 0.717) is 6.42 Å². The molecule has 0 heterocycles. The normalized spacial score (nSPS) is 13.8. The highest BCUT2D eigenvalue weighted by Gasteiger charge is 2.25. The Hall–Kier alpha value is -1.25. The van der Waals surface area contributed by atoms with E-state index < -0.39 is 26.5 Å². The molecule has 0 spiro atoms. The van der Waals surface area contributed by atoms with Crippen LogP contribution in [0.1, 0.15) is 142 Å². The summed E-state index contributed by atoms with van der Waals surface area (Å²) in [6, 6.07) is 0. The summed E-state index contributed by atoms with van der Waals surface area (Å²) in [7, 11) is -4.36. The molecule has 0 rings (SSSR count). The van der Waals surface area contributed by atoms with E-state index >= 15 is 0 Å². The zero-order valence-electron chi connectivity index (χ0n) is 26.0. The van der Waals surface area contributed by atoms with Gasteiger partial charge in [0, 0.05) is 19.4 Å². The molecular formula is C31H60NO8P. The number of unbranched alkanes of at least 4 members (excludes halogenated alkanes) is 15. The molecule has 0 aromatic heterocycles. The van der Waals surface area contributed by atoms with Crippen molar-refractivity contribution >= 4 is 19.8 Å². The smallest absolute Gasteiger partial charge is 0.462 e. The number of phosphoric acid groups is 1. The number of rotatable bonds is 30. The molecule has 242 valence electrons. The molecule has 0 saturated heterocycles. The predicted octanol–water partition coefficient (Wildman–Crippen LogP) is 7.93. The van der Waals surface area contributed by atoms with Crippen molar-refractivity contribution in [3.05, 3.63) is 12.2 Å². The van der Waals surface area contributed by atoms with Crippen LogP contribution in [0.5, 0.6) is 0 Å². The molecule has 0 aromatic carbocycles. The maximum absolute atomic E-state index is 12.4. The summed E-state index contributed by atoms with van der Waals surface area (Å²) in [6.45, 7) is 3.63. The standard InChI is InChI=1S/C31H60NO8P/c1-3-5-7-9-11-13-14-16-18-20-22-24-31(34)40-29(28-39-41(35,36)38-26-25-32)27-37-30(33)23-21-19-17-15-12-10-8-6-4-2/h9,11,29H,3-8,10,12-28,32H2,1-2H3,(H,35,36)/b11-9+/t29-/m1/s1. The van der Waals surface area contributed by atoms with E-state index in [2.05, 4.69) is 26.0 Å². The predicted molar refractivity (Wildman–Crippen MR) is 164 cm³/mol. The highest BCUT2D eigenvalue weighted by atomic mass is 31.2. The van der Waals surface area contributed by atoms with Gasteiger partial charge in [0.25, 0.3) is 0 Å². The first kappa shape index (κ1) is 39.8. The Bertz CT molecular complexity index is 704. The summed E-state index contributed by atoms with van der Waals surface area (Å²) in [4.78, 5) is 34.4. The quantitative estimate of drug-likeness (QED) is 0.0362. The number of esters is 2. The molecule has 3 N–H and O–H groups in total. The van der Waals surface area contributed by atoms with Crippen LogP contribution in [0.4, 0.5) is 0 Å². The zero-order valence-corrected chi connectivity index (χ0v) is 26.9. The second-order valence-corrected chi connectivity index (χ2v) is 12.1. The van der Waals surface area contributed by atoms with E-state index in [4.69, 9.17) is 24.3 Å². The maximum atomic E-state index is 12.4. The van der Waals surface area contributed by atoms with E-state index in [1.165, 1.54) is 51.4 Å². The average molecular weight is 606 g/mol. The Labute approximate surface area is 249 Å². The van der Waals surface area contributed by atoms with Crippen LogP contribution in [0.3, 0.4) is 0 Å². The lowest BCUT2D eigenvalue weighted by atomic mass is 10.1. The van der Waals surface area contributed by atoms with Crippen LogP contribution >= 0.6 is 7.82 Å². The van der Waals surface area contributed by atoms with E-state index in [-0.39, 0.29) is 38.6 Å². The molecular weight excluding hydrogens is 545 g/mol. The zero-order chi connectivity index (χ0) is 30.4. The Kier molecular flexibility index (Phi) is 28.0. The summed E-state index contributed by atoms with van der Waals surface area (Å²) in [5.41, 5.74) is 5.30. The number of allylic oxidation sites excluding steroid dienone is 2. The molecule has 10 heteroatoms. The summed E-state index contributed by atoms with van der Waals surface area (Å²) in [5.74, 6) is -0.844. The van der Waals surface area contributed by atoms with Gasteiger partial charge >= 0.3 is 19.8 Å². The molecule has 9 nitrogen and oxygen atoms in total. The lowest BCUT2D eigenvalue weighted by molar-refractivity contribution is -0.161. The van der Waals surface area contributed by atoms with Gasteiger partial charge in [-0.2, -0.15) is 0 Å². The van der Waals surface area contributed by atoms with Crippen molar-refractivity contribution in [2.24, 2.45) is 5.73 Å². The maximum Gasteiger partial charge on any atom is 0.472 e. The second kappa shape index (κ2) is 28.9. The Morgan fingerprint density at radius 1 is 0.707 bits per heavy atom. The van der Waals surface area contributed by atoms with Gasteiger partial charge < -0.3 is 20.1 Å². The van der Waals surface area contributed by atoms with Crippen LogP contribution in [-0.4, -0.2) is 49.3 Å². The van der Waals surface area contributed by atoms with Crippen molar-refractivity contribution in [2.75, 3.05) is 26.4 Å². The third kappa shape index (κ3) is 28.6. The van der Waals surface area contributed by atoms with Crippen molar-refractivity contribution in [3.8, 4) is 0 Å². The summed E-state index contributed by atoms with van der Waals surface area (Å²) in [6.07, 6.45) is 23.9. The van der Waals surface area contributed by atoms with Crippen molar-refractivity contribution < 1.29 is 37.6 Å². The molecule has 41 heavy (non-hydrogen) atoms. The minimum atomic E-state index is -4.36. The van der Waals surface area contributed by atoms with Gasteiger partial charge in [-0.25, -0.2) is 4.57 Å². The van der Waals surface area contributed by atoms with Gasteiger partial charge in [-0.15, -0.1) is 0 Å². The van der Waals surface area contributed by atoms with Crippen LogP contribution in [0.2, 0.25) is 0 Å². The number of hydrogen-bond donors (Lipinski definition) is 2. The van der Waals surface area contributed by atoms with Crippen molar-refractivity contribution in [1.29, 1.82) is 0 Å². The van der Waals surface area contributed by atoms with E-state index in [0.717, 1.165) is 57.8 Å². The molecule has 0 aliphatic rings. The largest absolute Gasteiger partial charge is 0.472 e. The molecule has 0 radical (unpaired) electrons. The third-order valence-electron chi connectivity index (χ3n) is 6.65. The molecule has 2 atom stereocenters. The summed E-state index contributed by atoms with van der Waals surface area (Å²) >= 11 is 0. The number of ether oxygens (including phenoxy) is 2. The van der Waals surface area contributed by atoms with Crippen LogP contribution in [0, 0.1) is 0 Å². The number of carbonyl (C=O) groups excluding carboxylic acids is 2. The number of carbonyl (C=O) groups is 2. The van der Waals surface area contributed by atoms with Crippen LogP contribution in [0.25, 0.3) is 0 Å². The van der Waals surface area contributed by atoms with E-state index in [1.807, 2.05) is 0 Å². The lowest BCUT2D eigenvalue weighted by Gasteiger charge is -2.19. The topological polar surface area (TPSA) is 134 Å². The first-order valence-electron chi connectivity index (χ1n) is 16.2. The molecule has 0 saturated carbocycles. The van der Waals surface area contributed by atoms with Crippen LogP contribution < -0.4 is 5.73 Å². The first-order valence-corrected chi connectivity index (χ1v) is 17.7. The Morgan fingerprint density at radius 2 is 1.22 bits per heavy atom. The Morgan fingerprint density at radius 3 is 1.80 bits per heavy atom. The Balaban J connectivity index is 4.33. The van der Waals surface area contributed by atoms with Gasteiger partial charge in [0.1, 0.15) is 6.61 Å². The summed E-state index contributed by atoms with van der Waals surface area (Å²) in [5, 5.41) is 0. The molecule has 0 fully saturated rings. The van der Waals surface area contributed by atoms with Gasteiger partial charge in [-0.3, -0.25) is 18.6 Å². The van der Waals surface area contributed by atoms with Gasteiger partial charge in [0.15, 0.2) is 6.10 Å². The minimum absolute atomic E-state index is 0.0540. The fourth-order valence-corrected chi connectivity index (χ4v) is 4.97. The fraction of sp³-hybridized carbons (Fsp3) is 0.871. The van der Waals surface area contributed by atoms with Crippen molar-refractivity contribution in [3.63, 3.8) is 0 Å². The summed E-state index contributed by atoms with van der Waals surface area (Å²) < 4.78 is 32.4. The van der Waals surface area contributed by atoms with Gasteiger partial charge in [-0.1, -0.05) is 109 Å². The van der Waals surface area contributed by atoms with Gasteiger partial charge in [-0.05, 0) is 32.1 Å². The highest BCUT2D eigenvalue weighted by Crippen LogP contribution is 2.43. The first-order chi connectivity index (χ1) is 19.8. The molecule has 0 amide bonds. The van der Waals surface area contributed by atoms with Gasteiger partial charge in [0.2, 0.25) is 0 Å². The van der Waals surface area contributed by atoms with E-state index in [9.17, 15) is 19.0 Å². The van der Waals surface area contributed by atoms with Gasteiger partial charge in [0.05, 0.1) is 13.2 Å². The monoisotopic (exact) mass is 605 g/mol. The SMILES string of the molecule is CCCC/C=C/CCCCCCCC(=O)O[C@H](COC(=O)CCCCCCCCCCC)COP(=O)(O)OCCN. The van der Waals surface area contributed by atoms with Crippen LogP contribution in [0.15, 0.2) is 12.2 Å². The molecule has 0 aromatic rings. The van der Waals surface area contributed by atoms with Crippen molar-refractivity contribution in [2.45, 2.75) is 148 Å². The molecule has 0 aliphatic heterocycles. The number of hydrogen-bond acceptors (Lipinski definition) is 8. The molecule has 0 bridgehead atoms. The minimum Gasteiger partial charge on any atom is -0.462 e. The average Bonchev–Trinajstić information content (AvgIpc) is 2.95. The number of phosphoric ester groups is 1. The molecule has 0 aliphatic carbocycles. The van der Waals surface area contributed by atoms with E-state index in [1.54, 1.807) is 0 Å². The highest BCUT2D eigenvalue weighted by molar-refractivity contribution is 7.47. The van der Waals surface area contributed by atoms with Crippen LogP contribution in [-0.2, 0) is 32.7 Å². The second-order valence-electron chi connectivity index (χ2n) is 10.7. The van der Waals surface area contributed by atoms with Crippen molar-refractivity contribution in [1.82, 2.24) is 0 Å². The molecule has 1 unspecified atom stereocenters.